The Balaban J connectivity index is 1.61. The van der Waals surface area contributed by atoms with Crippen molar-refractivity contribution in [3.63, 3.8) is 0 Å². The molecule has 1 unspecified atom stereocenters. The molecule has 132 valence electrons. The van der Waals surface area contributed by atoms with Crippen LogP contribution in [0.2, 0.25) is 0 Å². The molecule has 3 rings (SSSR count). The van der Waals surface area contributed by atoms with Crippen molar-refractivity contribution in [1.82, 2.24) is 5.32 Å². The molecule has 1 fully saturated rings. The van der Waals surface area contributed by atoms with E-state index in [4.69, 9.17) is 4.74 Å². The lowest BCUT2D eigenvalue weighted by Crippen LogP contribution is -2.40. The van der Waals surface area contributed by atoms with Crippen LogP contribution in [0.5, 0.6) is 0 Å². The second-order valence-corrected chi connectivity index (χ2v) is 6.63. The number of ether oxygens (including phenoxy) is 1. The summed E-state index contributed by atoms with van der Waals surface area (Å²) in [4.78, 5) is 12.5. The van der Waals surface area contributed by atoms with Gasteiger partial charge in [-0.3, -0.25) is 0 Å². The number of hydrogen-bond acceptors (Lipinski definition) is 2. The van der Waals surface area contributed by atoms with Gasteiger partial charge in [0.2, 0.25) is 0 Å². The molecule has 25 heavy (non-hydrogen) atoms. The molecule has 0 radical (unpaired) electrons. The quantitative estimate of drug-likeness (QED) is 0.764. The van der Waals surface area contributed by atoms with Gasteiger partial charge in [0, 0.05) is 18.8 Å². The lowest BCUT2D eigenvalue weighted by Gasteiger charge is -2.20. The molecule has 0 spiro atoms. The van der Waals surface area contributed by atoms with Gasteiger partial charge in [0.05, 0.1) is 6.61 Å². The highest BCUT2D eigenvalue weighted by molar-refractivity contribution is 5.90. The summed E-state index contributed by atoms with van der Waals surface area (Å²) >= 11 is 0. The molecule has 0 aromatic heterocycles. The van der Waals surface area contributed by atoms with E-state index >= 15 is 0 Å². The zero-order valence-electron chi connectivity index (χ0n) is 14.7. The average molecular weight is 338 g/mol. The van der Waals surface area contributed by atoms with Gasteiger partial charge in [-0.2, -0.15) is 0 Å². The van der Waals surface area contributed by atoms with E-state index in [0.29, 0.717) is 12.5 Å². The Kier molecular flexibility index (Phi) is 6.07. The molecular weight excluding hydrogens is 312 g/mol. The molecule has 1 saturated carbocycles. The zero-order valence-corrected chi connectivity index (χ0v) is 14.7. The van der Waals surface area contributed by atoms with Crippen LogP contribution >= 0.6 is 0 Å². The first-order valence-electron chi connectivity index (χ1n) is 8.94. The molecule has 0 aliphatic heterocycles. The summed E-state index contributed by atoms with van der Waals surface area (Å²) < 4.78 is 5.15. The highest BCUT2D eigenvalue weighted by Gasteiger charge is 2.32. The third-order valence-electron chi connectivity index (χ3n) is 4.65. The number of nitrogens with one attached hydrogen (secondary N) is 2. The fourth-order valence-corrected chi connectivity index (χ4v) is 3.10. The number of hydrogen-bond donors (Lipinski definition) is 2. The highest BCUT2D eigenvalue weighted by atomic mass is 16.5. The Morgan fingerprint density at radius 1 is 1.12 bits per heavy atom. The molecule has 1 aliphatic carbocycles. The Labute approximate surface area is 149 Å². The monoisotopic (exact) mass is 338 g/mol. The van der Waals surface area contributed by atoms with E-state index in [1.807, 2.05) is 42.5 Å². The third kappa shape index (κ3) is 5.33. The minimum Gasteiger partial charge on any atom is -0.384 e. The molecule has 2 aromatic carbocycles. The van der Waals surface area contributed by atoms with Crippen molar-refractivity contribution in [3.8, 4) is 0 Å². The second kappa shape index (κ2) is 8.67. The van der Waals surface area contributed by atoms with E-state index in [1.165, 1.54) is 18.4 Å². The number of methoxy groups -OCH3 is 1. The normalized spacial score (nSPS) is 14.8. The molecule has 0 saturated heterocycles. The zero-order chi connectivity index (χ0) is 17.5. The van der Waals surface area contributed by atoms with E-state index in [9.17, 15) is 4.79 Å². The maximum absolute atomic E-state index is 12.5. The van der Waals surface area contributed by atoms with Crippen molar-refractivity contribution >= 4 is 11.7 Å². The lowest BCUT2D eigenvalue weighted by molar-refractivity contribution is 0.202. The fraction of sp³-hybridized carbons (Fsp3) is 0.381. The van der Waals surface area contributed by atoms with Gasteiger partial charge in [-0.25, -0.2) is 4.79 Å². The molecule has 1 aliphatic rings. The summed E-state index contributed by atoms with van der Waals surface area (Å²) in [5, 5.41) is 6.19. The molecular formula is C21H26N2O2. The Bertz CT molecular complexity index is 683. The Hall–Kier alpha value is -2.33. The summed E-state index contributed by atoms with van der Waals surface area (Å²) in [6, 6.07) is 18.3. The maximum Gasteiger partial charge on any atom is 0.319 e. The lowest BCUT2D eigenvalue weighted by atomic mass is 10.0. The largest absolute Gasteiger partial charge is 0.384 e. The number of para-hydroxylation sites is 1. The molecule has 2 N–H and O–H groups in total. The Morgan fingerprint density at radius 2 is 1.84 bits per heavy atom. The van der Waals surface area contributed by atoms with E-state index in [0.717, 1.165) is 24.1 Å². The fourth-order valence-electron chi connectivity index (χ4n) is 3.10. The summed E-state index contributed by atoms with van der Waals surface area (Å²) in [5.74, 6) is 0.592. The molecule has 4 nitrogen and oxygen atoms in total. The predicted molar refractivity (Wildman–Crippen MR) is 101 cm³/mol. The van der Waals surface area contributed by atoms with Crippen molar-refractivity contribution in [1.29, 1.82) is 0 Å². The second-order valence-electron chi connectivity index (χ2n) is 6.63. The number of rotatable bonds is 8. The van der Waals surface area contributed by atoms with Gasteiger partial charge in [-0.1, -0.05) is 48.5 Å². The van der Waals surface area contributed by atoms with E-state index < -0.39 is 0 Å². The van der Waals surface area contributed by atoms with Crippen LogP contribution in [0.25, 0.3) is 0 Å². The van der Waals surface area contributed by atoms with Gasteiger partial charge < -0.3 is 15.4 Å². The van der Waals surface area contributed by atoms with Crippen molar-refractivity contribution in [2.45, 2.75) is 31.7 Å². The van der Waals surface area contributed by atoms with Crippen LogP contribution in [0, 0.1) is 5.92 Å². The standard InChI is InChI=1S/C21H26N2O2/c1-25-14-13-17-9-5-6-10-19(17)22-21(24)23-20(18-11-12-18)15-16-7-3-2-4-8-16/h2-10,18,20H,11-15H2,1H3,(H2,22,23,24). The van der Waals surface area contributed by atoms with Crippen LogP contribution in [-0.2, 0) is 17.6 Å². The van der Waals surface area contributed by atoms with Gasteiger partial charge in [0.1, 0.15) is 0 Å². The van der Waals surface area contributed by atoms with Crippen LogP contribution in [0.4, 0.5) is 10.5 Å². The molecule has 1 atom stereocenters. The third-order valence-corrected chi connectivity index (χ3v) is 4.65. The first kappa shape index (κ1) is 17.5. The number of benzene rings is 2. The molecule has 2 aromatic rings. The first-order chi connectivity index (χ1) is 12.3. The molecule has 4 heteroatoms. The number of anilines is 1. The SMILES string of the molecule is COCCc1ccccc1NC(=O)NC(Cc1ccccc1)C1CC1. The van der Waals surface area contributed by atoms with Crippen LogP contribution in [0.15, 0.2) is 54.6 Å². The van der Waals surface area contributed by atoms with E-state index in [1.54, 1.807) is 7.11 Å². The predicted octanol–water partition coefficient (Wildman–Crippen LogP) is 4.02. The van der Waals surface area contributed by atoms with E-state index in [2.05, 4.69) is 22.8 Å². The molecule has 0 heterocycles. The molecule has 0 bridgehead atoms. The van der Waals surface area contributed by atoms with Crippen LogP contribution in [0.3, 0.4) is 0 Å². The van der Waals surface area contributed by atoms with Gasteiger partial charge in [-0.05, 0) is 48.8 Å². The summed E-state index contributed by atoms with van der Waals surface area (Å²) in [5.41, 5.74) is 3.21. The first-order valence-corrected chi connectivity index (χ1v) is 8.94. The van der Waals surface area contributed by atoms with Crippen molar-refractivity contribution in [2.24, 2.45) is 5.92 Å². The average Bonchev–Trinajstić information content (AvgIpc) is 3.46. The van der Waals surface area contributed by atoms with Crippen molar-refractivity contribution in [2.75, 3.05) is 19.0 Å². The van der Waals surface area contributed by atoms with Crippen LogP contribution in [-0.4, -0.2) is 25.8 Å². The number of carbonyl (C=O) groups excluding carboxylic acids is 1. The molecule has 2 amide bonds. The van der Waals surface area contributed by atoms with Gasteiger partial charge >= 0.3 is 6.03 Å². The van der Waals surface area contributed by atoms with Gasteiger partial charge in [0.25, 0.3) is 0 Å². The minimum absolute atomic E-state index is 0.127. The summed E-state index contributed by atoms with van der Waals surface area (Å²) in [6.45, 7) is 0.638. The van der Waals surface area contributed by atoms with Crippen LogP contribution in [0.1, 0.15) is 24.0 Å². The number of carbonyl (C=O) groups is 1. The van der Waals surface area contributed by atoms with Gasteiger partial charge in [0.15, 0.2) is 0 Å². The summed E-state index contributed by atoms with van der Waals surface area (Å²) in [6.07, 6.45) is 4.05. The van der Waals surface area contributed by atoms with Crippen molar-refractivity contribution in [3.05, 3.63) is 65.7 Å². The minimum atomic E-state index is -0.127. The Morgan fingerprint density at radius 3 is 2.56 bits per heavy atom. The summed E-state index contributed by atoms with van der Waals surface area (Å²) in [7, 11) is 1.69. The smallest absolute Gasteiger partial charge is 0.319 e. The topological polar surface area (TPSA) is 50.4 Å². The number of urea groups is 1. The van der Waals surface area contributed by atoms with Gasteiger partial charge in [-0.15, -0.1) is 0 Å². The maximum atomic E-state index is 12.5. The highest BCUT2D eigenvalue weighted by Crippen LogP contribution is 2.34. The van der Waals surface area contributed by atoms with Crippen LogP contribution < -0.4 is 10.6 Å². The van der Waals surface area contributed by atoms with Crippen molar-refractivity contribution < 1.29 is 9.53 Å². The number of amides is 2. The van der Waals surface area contributed by atoms with E-state index in [-0.39, 0.29) is 12.1 Å².